The van der Waals surface area contributed by atoms with E-state index < -0.39 is 0 Å². The topological polar surface area (TPSA) is 32.0 Å². The predicted molar refractivity (Wildman–Crippen MR) is 176 cm³/mol. The van der Waals surface area contributed by atoms with E-state index in [9.17, 15) is 5.26 Å². The summed E-state index contributed by atoms with van der Waals surface area (Å²) in [5.74, 6) is 0. The molecule has 0 spiro atoms. The molecular weight excluding hydrogens is 510 g/mol. The number of anilines is 2. The molecule has 1 aliphatic heterocycles. The Morgan fingerprint density at radius 3 is 2.14 bits per heavy atom. The van der Waals surface area contributed by atoms with E-state index in [1.54, 1.807) is 0 Å². The number of rotatable bonds is 4. The van der Waals surface area contributed by atoms with Crippen LogP contribution in [0.1, 0.15) is 18.1 Å². The average Bonchev–Trinajstić information content (AvgIpc) is 3.38. The number of hydrogen-bond acceptors (Lipinski definition) is 2. The summed E-state index contributed by atoms with van der Waals surface area (Å²) < 4.78 is 2.36. The third-order valence-electron chi connectivity index (χ3n) is 8.05. The highest BCUT2D eigenvalue weighted by Gasteiger charge is 2.17. The summed E-state index contributed by atoms with van der Waals surface area (Å²) in [6.07, 6.45) is 6.61. The van der Waals surface area contributed by atoms with Crippen molar-refractivity contribution in [2.45, 2.75) is 13.3 Å². The highest BCUT2D eigenvalue weighted by atomic mass is 15.1. The monoisotopic (exact) mass is 539 g/mol. The summed E-state index contributed by atoms with van der Waals surface area (Å²) in [5.41, 5.74) is 11.5. The molecular formula is C39H29N3. The van der Waals surface area contributed by atoms with Crippen molar-refractivity contribution in [2.75, 3.05) is 4.90 Å². The second-order valence-corrected chi connectivity index (χ2v) is 10.6. The predicted octanol–water partition coefficient (Wildman–Crippen LogP) is 10.1. The molecule has 0 N–H and O–H groups in total. The molecule has 0 unspecified atom stereocenters. The van der Waals surface area contributed by atoms with E-state index in [4.69, 9.17) is 0 Å². The average molecular weight is 540 g/mol. The van der Waals surface area contributed by atoms with Gasteiger partial charge in [0.25, 0.3) is 0 Å². The SMILES string of the molecule is C=C1/C=C(C#N)\C=C/N(c2cc(CC)cc(-c3cccc(-n4c5ccccc5c5ccccc54)c3)c2)c2ccccc21. The van der Waals surface area contributed by atoms with Gasteiger partial charge < -0.3 is 9.47 Å². The first-order valence-electron chi connectivity index (χ1n) is 14.2. The van der Waals surface area contributed by atoms with Gasteiger partial charge in [-0.05, 0) is 83.3 Å². The summed E-state index contributed by atoms with van der Waals surface area (Å²) in [4.78, 5) is 2.17. The Kier molecular flexibility index (Phi) is 6.30. The summed E-state index contributed by atoms with van der Waals surface area (Å²) in [5, 5.41) is 12.2. The Hall–Kier alpha value is -5.59. The lowest BCUT2D eigenvalue weighted by Gasteiger charge is -2.26. The van der Waals surface area contributed by atoms with Gasteiger partial charge in [-0.2, -0.15) is 5.26 Å². The van der Waals surface area contributed by atoms with Gasteiger partial charge >= 0.3 is 0 Å². The number of hydrogen-bond donors (Lipinski definition) is 0. The van der Waals surface area contributed by atoms with Crippen LogP contribution in [0.3, 0.4) is 0 Å². The van der Waals surface area contributed by atoms with Crippen molar-refractivity contribution in [3.05, 3.63) is 157 Å². The molecule has 42 heavy (non-hydrogen) atoms. The van der Waals surface area contributed by atoms with Crippen molar-refractivity contribution in [1.82, 2.24) is 4.57 Å². The Balaban J connectivity index is 1.39. The molecule has 0 amide bonds. The lowest BCUT2D eigenvalue weighted by atomic mass is 9.97. The molecule has 0 radical (unpaired) electrons. The first-order valence-corrected chi connectivity index (χ1v) is 14.2. The third kappa shape index (κ3) is 4.31. The molecule has 0 bridgehead atoms. The Labute approximate surface area is 246 Å². The normalized spacial score (nSPS) is 15.0. The van der Waals surface area contributed by atoms with Crippen molar-refractivity contribution in [3.63, 3.8) is 0 Å². The molecule has 6 aromatic rings. The zero-order valence-corrected chi connectivity index (χ0v) is 23.5. The minimum Gasteiger partial charge on any atom is -0.316 e. The summed E-state index contributed by atoms with van der Waals surface area (Å²) in [7, 11) is 0. The van der Waals surface area contributed by atoms with Crippen LogP contribution in [0.15, 0.2) is 146 Å². The van der Waals surface area contributed by atoms with Crippen LogP contribution in [-0.4, -0.2) is 4.57 Å². The van der Waals surface area contributed by atoms with Gasteiger partial charge in [0.15, 0.2) is 0 Å². The molecule has 0 fully saturated rings. The molecule has 0 saturated carbocycles. The summed E-state index contributed by atoms with van der Waals surface area (Å²) in [6, 6.07) is 43.3. The van der Waals surface area contributed by atoms with Crippen molar-refractivity contribution >= 4 is 38.8 Å². The Morgan fingerprint density at radius 2 is 1.40 bits per heavy atom. The molecule has 1 aromatic heterocycles. The lowest BCUT2D eigenvalue weighted by Crippen LogP contribution is -2.12. The van der Waals surface area contributed by atoms with Crippen LogP contribution in [0.25, 0.3) is 44.2 Å². The first-order chi connectivity index (χ1) is 20.6. The fraction of sp³-hybridized carbons (Fsp3) is 0.0513. The number of nitriles is 1. The molecule has 0 saturated heterocycles. The number of para-hydroxylation sites is 3. The van der Waals surface area contributed by atoms with Crippen molar-refractivity contribution in [2.24, 2.45) is 0 Å². The van der Waals surface area contributed by atoms with Crippen LogP contribution >= 0.6 is 0 Å². The van der Waals surface area contributed by atoms with E-state index in [-0.39, 0.29) is 0 Å². The molecule has 3 nitrogen and oxygen atoms in total. The van der Waals surface area contributed by atoms with Gasteiger partial charge in [-0.15, -0.1) is 0 Å². The summed E-state index contributed by atoms with van der Waals surface area (Å²) in [6.45, 7) is 6.46. The first kappa shape index (κ1) is 25.4. The Bertz CT molecular complexity index is 2060. The van der Waals surface area contributed by atoms with E-state index in [1.807, 2.05) is 30.5 Å². The maximum atomic E-state index is 9.71. The number of aromatic nitrogens is 1. The molecule has 1 aliphatic rings. The van der Waals surface area contributed by atoms with Crippen LogP contribution in [0.2, 0.25) is 0 Å². The lowest BCUT2D eigenvalue weighted by molar-refractivity contribution is 1.13. The largest absolute Gasteiger partial charge is 0.316 e. The second kappa shape index (κ2) is 10.4. The number of nitrogens with zero attached hydrogens (tertiary/aromatic N) is 3. The second-order valence-electron chi connectivity index (χ2n) is 10.6. The zero-order valence-electron chi connectivity index (χ0n) is 23.5. The zero-order chi connectivity index (χ0) is 28.6. The maximum Gasteiger partial charge on any atom is 0.0992 e. The minimum absolute atomic E-state index is 0.574. The van der Waals surface area contributed by atoms with Crippen LogP contribution in [0.4, 0.5) is 11.4 Å². The molecule has 7 rings (SSSR count). The quantitative estimate of drug-likeness (QED) is 0.223. The van der Waals surface area contributed by atoms with Crippen LogP contribution < -0.4 is 4.90 Å². The van der Waals surface area contributed by atoms with Crippen LogP contribution in [0.5, 0.6) is 0 Å². The molecule has 2 heterocycles. The van der Waals surface area contributed by atoms with Crippen molar-refractivity contribution in [3.8, 4) is 22.9 Å². The van der Waals surface area contributed by atoms with Gasteiger partial charge in [-0.1, -0.05) is 86.3 Å². The number of benzene rings is 5. The van der Waals surface area contributed by atoms with Gasteiger partial charge in [0.2, 0.25) is 0 Å². The van der Waals surface area contributed by atoms with E-state index in [0.29, 0.717) is 5.57 Å². The van der Waals surface area contributed by atoms with Gasteiger partial charge in [0.1, 0.15) is 0 Å². The fourth-order valence-corrected chi connectivity index (χ4v) is 6.01. The maximum absolute atomic E-state index is 9.71. The molecule has 200 valence electrons. The third-order valence-corrected chi connectivity index (χ3v) is 8.05. The van der Waals surface area contributed by atoms with Gasteiger partial charge in [-0.25, -0.2) is 0 Å². The van der Waals surface area contributed by atoms with E-state index >= 15 is 0 Å². The highest BCUT2D eigenvalue weighted by molar-refractivity contribution is 6.09. The molecule has 3 heteroatoms. The van der Waals surface area contributed by atoms with E-state index in [2.05, 4.69) is 132 Å². The highest BCUT2D eigenvalue weighted by Crippen LogP contribution is 2.38. The van der Waals surface area contributed by atoms with Gasteiger partial charge in [0, 0.05) is 33.9 Å². The molecule has 0 atom stereocenters. The number of allylic oxidation sites excluding steroid dienone is 4. The smallest absolute Gasteiger partial charge is 0.0992 e. The van der Waals surface area contributed by atoms with Crippen molar-refractivity contribution < 1.29 is 0 Å². The number of fused-ring (bicyclic) bond motifs is 4. The fourth-order valence-electron chi connectivity index (χ4n) is 6.01. The summed E-state index contributed by atoms with van der Waals surface area (Å²) >= 11 is 0. The van der Waals surface area contributed by atoms with Gasteiger partial charge in [0.05, 0.1) is 28.4 Å². The number of aryl methyl sites for hydroxylation is 1. The Morgan fingerprint density at radius 1 is 0.714 bits per heavy atom. The van der Waals surface area contributed by atoms with E-state index in [1.165, 1.54) is 27.4 Å². The van der Waals surface area contributed by atoms with Gasteiger partial charge in [-0.3, -0.25) is 0 Å². The standard InChI is InChI=1S/C39H29N3/c1-3-28-22-31(25-33(23-28)41-20-19-29(26-40)21-27(2)34-13-4-7-16-37(34)41)30-11-10-12-32(24-30)42-38-17-8-5-14-35(38)36-15-6-9-18-39(36)42/h4-25H,2-3H2,1H3/b20-19-,29-21+. The molecule has 5 aromatic carbocycles. The van der Waals surface area contributed by atoms with Crippen molar-refractivity contribution in [1.29, 1.82) is 5.26 Å². The minimum atomic E-state index is 0.574. The van der Waals surface area contributed by atoms with E-state index in [0.717, 1.165) is 45.7 Å². The molecule has 0 aliphatic carbocycles. The van der Waals surface area contributed by atoms with Crippen LogP contribution in [-0.2, 0) is 6.42 Å². The van der Waals surface area contributed by atoms with Crippen LogP contribution in [0, 0.1) is 11.3 Å².